The zero-order chi connectivity index (χ0) is 18.1. The Bertz CT molecular complexity index is 1090. The van der Waals surface area contributed by atoms with Crippen LogP contribution in [0.1, 0.15) is 15.9 Å². The number of nitrogens with one attached hydrogen (secondary N) is 1. The number of nitrogens with zero attached hydrogens (tertiary/aromatic N) is 1. The van der Waals surface area contributed by atoms with E-state index in [4.69, 9.17) is 4.98 Å². The number of rotatable bonds is 3. The van der Waals surface area contributed by atoms with Crippen molar-refractivity contribution in [3.63, 3.8) is 0 Å². The van der Waals surface area contributed by atoms with E-state index in [1.807, 2.05) is 61.5 Å². The second-order valence-corrected chi connectivity index (χ2v) is 7.78. The van der Waals surface area contributed by atoms with Crippen molar-refractivity contribution >= 4 is 49.1 Å². The van der Waals surface area contributed by atoms with Crippen LogP contribution >= 0.6 is 27.3 Å². The van der Waals surface area contributed by atoms with Gasteiger partial charge in [0.05, 0.1) is 15.8 Å². The van der Waals surface area contributed by atoms with Crippen LogP contribution in [0.3, 0.4) is 0 Å². The van der Waals surface area contributed by atoms with Crippen LogP contribution < -0.4 is 5.32 Å². The number of hydrogen-bond acceptors (Lipinski definition) is 3. The van der Waals surface area contributed by atoms with Crippen molar-refractivity contribution in [2.75, 3.05) is 5.32 Å². The van der Waals surface area contributed by atoms with Crippen LogP contribution in [0.15, 0.2) is 71.2 Å². The second kappa shape index (κ2) is 7.02. The van der Waals surface area contributed by atoms with Crippen molar-refractivity contribution in [1.82, 2.24) is 4.98 Å². The SMILES string of the molecule is Cc1c(NC(=O)c2ccccc2Br)cccc1-c1nc2ccccc2s1. The Balaban J connectivity index is 1.70. The van der Waals surface area contributed by atoms with Crippen LogP contribution in [0, 0.1) is 6.92 Å². The van der Waals surface area contributed by atoms with Crippen LogP contribution in [0.5, 0.6) is 0 Å². The lowest BCUT2D eigenvalue weighted by molar-refractivity contribution is 0.102. The van der Waals surface area contributed by atoms with Crippen molar-refractivity contribution in [2.45, 2.75) is 6.92 Å². The van der Waals surface area contributed by atoms with Crippen molar-refractivity contribution < 1.29 is 4.79 Å². The molecule has 0 aliphatic heterocycles. The highest BCUT2D eigenvalue weighted by molar-refractivity contribution is 9.10. The number of fused-ring (bicyclic) bond motifs is 1. The third kappa shape index (κ3) is 3.16. The molecule has 1 amide bonds. The molecule has 128 valence electrons. The van der Waals surface area contributed by atoms with Gasteiger partial charge in [0.25, 0.3) is 5.91 Å². The van der Waals surface area contributed by atoms with Crippen LogP contribution in [0.2, 0.25) is 0 Å². The minimum absolute atomic E-state index is 0.137. The summed E-state index contributed by atoms with van der Waals surface area (Å²) >= 11 is 5.09. The Morgan fingerprint density at radius 2 is 1.77 bits per heavy atom. The van der Waals surface area contributed by atoms with Gasteiger partial charge in [0.2, 0.25) is 0 Å². The van der Waals surface area contributed by atoms with Crippen molar-refractivity contribution in [1.29, 1.82) is 0 Å². The van der Waals surface area contributed by atoms with E-state index in [1.165, 1.54) is 0 Å². The summed E-state index contributed by atoms with van der Waals surface area (Å²) in [6, 6.07) is 21.4. The standard InChI is InChI=1S/C21H15BrN2OS/c1-13-14(21-24-18-10-4-5-12-19(18)26-21)8-6-11-17(13)23-20(25)15-7-2-3-9-16(15)22/h2-12H,1H3,(H,23,25). The molecule has 0 unspecified atom stereocenters. The number of benzene rings is 3. The first kappa shape index (κ1) is 16.9. The number of carbonyl (C=O) groups is 1. The van der Waals surface area contributed by atoms with E-state index in [9.17, 15) is 4.79 Å². The van der Waals surface area contributed by atoms with Gasteiger partial charge in [-0.25, -0.2) is 4.98 Å². The highest BCUT2D eigenvalue weighted by Crippen LogP contribution is 2.34. The number of thiazole rings is 1. The number of amides is 1. The Hall–Kier alpha value is -2.50. The summed E-state index contributed by atoms with van der Waals surface area (Å²) < 4.78 is 1.93. The van der Waals surface area contributed by atoms with Gasteiger partial charge >= 0.3 is 0 Å². The zero-order valence-corrected chi connectivity index (χ0v) is 16.4. The average molecular weight is 423 g/mol. The molecule has 4 aromatic rings. The summed E-state index contributed by atoms with van der Waals surface area (Å²) in [6.07, 6.45) is 0. The Morgan fingerprint density at radius 1 is 1.00 bits per heavy atom. The molecular formula is C21H15BrN2OS. The molecule has 1 N–H and O–H groups in total. The molecule has 0 fully saturated rings. The first-order valence-corrected chi connectivity index (χ1v) is 9.76. The lowest BCUT2D eigenvalue weighted by atomic mass is 10.1. The summed E-state index contributed by atoms with van der Waals surface area (Å²) in [6.45, 7) is 2.01. The van der Waals surface area contributed by atoms with Gasteiger partial charge in [0.1, 0.15) is 5.01 Å². The summed E-state index contributed by atoms with van der Waals surface area (Å²) in [7, 11) is 0. The van der Waals surface area contributed by atoms with Gasteiger partial charge < -0.3 is 5.32 Å². The largest absolute Gasteiger partial charge is 0.322 e. The zero-order valence-electron chi connectivity index (χ0n) is 14.0. The van der Waals surface area contributed by atoms with E-state index in [-0.39, 0.29) is 5.91 Å². The third-order valence-corrected chi connectivity index (χ3v) is 5.99. The monoisotopic (exact) mass is 422 g/mol. The Kier molecular flexibility index (Phi) is 4.57. The highest BCUT2D eigenvalue weighted by Gasteiger charge is 2.14. The number of para-hydroxylation sites is 1. The molecule has 3 nitrogen and oxygen atoms in total. The molecule has 3 aromatic carbocycles. The predicted octanol–water partition coefficient (Wildman–Crippen LogP) is 6.29. The normalized spacial score (nSPS) is 10.8. The molecule has 0 atom stereocenters. The molecule has 5 heteroatoms. The van der Waals surface area contributed by atoms with Crippen molar-refractivity contribution in [3.05, 3.63) is 82.3 Å². The number of anilines is 1. The molecule has 0 saturated heterocycles. The van der Waals surface area contributed by atoms with Crippen LogP contribution in [-0.2, 0) is 0 Å². The maximum Gasteiger partial charge on any atom is 0.256 e. The first-order chi connectivity index (χ1) is 12.6. The first-order valence-electron chi connectivity index (χ1n) is 8.15. The molecule has 26 heavy (non-hydrogen) atoms. The van der Waals surface area contributed by atoms with E-state index in [1.54, 1.807) is 17.4 Å². The van der Waals surface area contributed by atoms with E-state index in [0.29, 0.717) is 5.56 Å². The molecule has 1 aromatic heterocycles. The molecule has 0 bridgehead atoms. The van der Waals surface area contributed by atoms with Crippen molar-refractivity contribution in [2.24, 2.45) is 0 Å². The van der Waals surface area contributed by atoms with Gasteiger partial charge in [0.15, 0.2) is 0 Å². The minimum atomic E-state index is -0.137. The summed E-state index contributed by atoms with van der Waals surface area (Å²) in [5, 5.41) is 3.98. The third-order valence-electron chi connectivity index (χ3n) is 4.22. The lowest BCUT2D eigenvalue weighted by Gasteiger charge is -2.12. The van der Waals surface area contributed by atoms with E-state index in [0.717, 1.165) is 36.5 Å². The average Bonchev–Trinajstić information content (AvgIpc) is 3.07. The summed E-state index contributed by atoms with van der Waals surface area (Å²) in [5.74, 6) is -0.137. The minimum Gasteiger partial charge on any atom is -0.322 e. The van der Waals surface area contributed by atoms with Crippen LogP contribution in [0.25, 0.3) is 20.8 Å². The Morgan fingerprint density at radius 3 is 2.58 bits per heavy atom. The van der Waals surface area contributed by atoms with Gasteiger partial charge in [-0.1, -0.05) is 36.4 Å². The molecule has 0 aliphatic rings. The fraction of sp³-hybridized carbons (Fsp3) is 0.0476. The van der Waals surface area contributed by atoms with Gasteiger partial charge in [-0.15, -0.1) is 11.3 Å². The summed E-state index contributed by atoms with van der Waals surface area (Å²) in [5.41, 5.74) is 4.44. The van der Waals surface area contributed by atoms with Gasteiger partial charge in [-0.05, 0) is 58.7 Å². The fourth-order valence-corrected chi connectivity index (χ4v) is 4.34. The van der Waals surface area contributed by atoms with Gasteiger partial charge in [-0.3, -0.25) is 4.79 Å². The van der Waals surface area contributed by atoms with Gasteiger partial charge in [-0.2, -0.15) is 0 Å². The van der Waals surface area contributed by atoms with Crippen molar-refractivity contribution in [3.8, 4) is 10.6 Å². The quantitative estimate of drug-likeness (QED) is 0.421. The maximum absolute atomic E-state index is 12.6. The van der Waals surface area contributed by atoms with E-state index in [2.05, 4.69) is 27.3 Å². The van der Waals surface area contributed by atoms with Crippen LogP contribution in [-0.4, -0.2) is 10.9 Å². The van der Waals surface area contributed by atoms with E-state index >= 15 is 0 Å². The predicted molar refractivity (Wildman–Crippen MR) is 112 cm³/mol. The highest BCUT2D eigenvalue weighted by atomic mass is 79.9. The lowest BCUT2D eigenvalue weighted by Crippen LogP contribution is -2.13. The molecule has 4 rings (SSSR count). The number of halogens is 1. The topological polar surface area (TPSA) is 42.0 Å². The van der Waals surface area contributed by atoms with Gasteiger partial charge in [0, 0.05) is 15.7 Å². The number of carbonyl (C=O) groups excluding carboxylic acids is 1. The number of aromatic nitrogens is 1. The molecular weight excluding hydrogens is 408 g/mol. The maximum atomic E-state index is 12.6. The summed E-state index contributed by atoms with van der Waals surface area (Å²) in [4.78, 5) is 17.4. The molecule has 1 heterocycles. The van der Waals surface area contributed by atoms with Crippen LogP contribution in [0.4, 0.5) is 5.69 Å². The molecule has 0 saturated carbocycles. The smallest absolute Gasteiger partial charge is 0.256 e. The molecule has 0 aliphatic carbocycles. The van der Waals surface area contributed by atoms with E-state index < -0.39 is 0 Å². The second-order valence-electron chi connectivity index (χ2n) is 5.90. The number of hydrogen-bond donors (Lipinski definition) is 1. The molecule has 0 spiro atoms. The molecule has 0 radical (unpaired) electrons. The Labute approximate surface area is 163 Å². The fourth-order valence-electron chi connectivity index (χ4n) is 2.83.